The molecule has 37 heavy (non-hydrogen) atoms. The summed E-state index contributed by atoms with van der Waals surface area (Å²) in [6.07, 6.45) is 4.80. The van der Waals surface area contributed by atoms with Crippen molar-refractivity contribution in [2.75, 3.05) is 13.2 Å². The summed E-state index contributed by atoms with van der Waals surface area (Å²) in [6.45, 7) is 3.42. The molecule has 0 bridgehead atoms. The smallest absolute Gasteiger partial charge is 0.170 e. The first kappa shape index (κ1) is 29.2. The third-order valence-corrected chi connectivity index (χ3v) is 7.17. The van der Waals surface area contributed by atoms with Crippen molar-refractivity contribution in [2.45, 2.75) is 64.1 Å². The van der Waals surface area contributed by atoms with E-state index < -0.39 is 6.10 Å². The number of nitrogens with zero attached hydrogens (tertiary/aromatic N) is 1. The maximum atomic E-state index is 12.0. The van der Waals surface area contributed by atoms with E-state index in [1.54, 1.807) is 0 Å². The number of carbonyl (C=O) groups is 1. The summed E-state index contributed by atoms with van der Waals surface area (Å²) in [4.78, 5) is 14.4. The predicted octanol–water partition coefficient (Wildman–Crippen LogP) is 6.99. The number of aliphatic hydroxyl groups is 1. The molecule has 0 spiro atoms. The number of ether oxygens (including phenoxy) is 1. The Balaban J connectivity index is 0.00000380. The van der Waals surface area contributed by atoms with Gasteiger partial charge in [0.15, 0.2) is 5.78 Å². The number of aryl methyl sites for hydroxylation is 1. The van der Waals surface area contributed by atoms with Crippen molar-refractivity contribution in [3.63, 3.8) is 0 Å². The monoisotopic (exact) mass is 541 g/mol. The van der Waals surface area contributed by atoms with Crippen molar-refractivity contribution in [1.82, 2.24) is 4.90 Å². The third kappa shape index (κ3) is 8.58. The molecule has 1 N–H and O–H groups in total. The molecule has 1 unspecified atom stereocenters. The lowest BCUT2D eigenvalue weighted by molar-refractivity contribution is -0.121. The van der Waals surface area contributed by atoms with Gasteiger partial charge >= 0.3 is 0 Å². The molecule has 4 rings (SSSR count). The minimum absolute atomic E-state index is 0. The molecule has 198 valence electrons. The summed E-state index contributed by atoms with van der Waals surface area (Å²) in [7, 11) is 0. The standard InChI is InChI=1S/C31H36ClNO3.ClH/c1-2-8-29(34)22-36-30-16-15-24-11-7-14-28(18-26(24)19-30)33(20-23-9-4-3-5-10-23)21-31(35)25-12-6-13-27(32)17-25;/h3-6,9-10,12-13,15-17,19,28,31,35H,2,7-8,11,14,18,20-22H2,1H3;1H/t28?,31-;/m0./s1. The summed E-state index contributed by atoms with van der Waals surface area (Å²) in [6, 6.07) is 24.5. The minimum Gasteiger partial charge on any atom is -0.486 e. The normalized spacial score (nSPS) is 15.8. The summed E-state index contributed by atoms with van der Waals surface area (Å²) in [5.74, 6) is 0.891. The lowest BCUT2D eigenvalue weighted by atomic mass is 9.99. The first-order chi connectivity index (χ1) is 17.5. The lowest BCUT2D eigenvalue weighted by Gasteiger charge is -2.33. The predicted molar refractivity (Wildman–Crippen MR) is 153 cm³/mol. The molecule has 1 aliphatic carbocycles. The van der Waals surface area contributed by atoms with Crippen LogP contribution in [0.15, 0.2) is 72.8 Å². The van der Waals surface area contributed by atoms with Gasteiger partial charge in [0.1, 0.15) is 12.4 Å². The van der Waals surface area contributed by atoms with Gasteiger partial charge in [0, 0.05) is 30.6 Å². The number of benzene rings is 3. The van der Waals surface area contributed by atoms with Crippen LogP contribution in [0.25, 0.3) is 0 Å². The molecule has 0 radical (unpaired) electrons. The van der Waals surface area contributed by atoms with Gasteiger partial charge in [-0.15, -0.1) is 12.4 Å². The number of fused-ring (bicyclic) bond motifs is 1. The zero-order valence-corrected chi connectivity index (χ0v) is 23.0. The molecule has 3 aromatic rings. The van der Waals surface area contributed by atoms with E-state index in [-0.39, 0.29) is 30.8 Å². The number of hydrogen-bond donors (Lipinski definition) is 1. The van der Waals surface area contributed by atoms with E-state index in [4.69, 9.17) is 16.3 Å². The van der Waals surface area contributed by atoms with E-state index in [9.17, 15) is 9.90 Å². The highest BCUT2D eigenvalue weighted by atomic mass is 35.5. The molecule has 6 heteroatoms. The van der Waals surface area contributed by atoms with Crippen molar-refractivity contribution in [1.29, 1.82) is 0 Å². The first-order valence-electron chi connectivity index (χ1n) is 13.0. The highest BCUT2D eigenvalue weighted by molar-refractivity contribution is 6.30. The molecule has 0 saturated heterocycles. The average Bonchev–Trinajstić information content (AvgIpc) is 3.10. The van der Waals surface area contributed by atoms with E-state index in [1.165, 1.54) is 16.7 Å². The Morgan fingerprint density at radius 2 is 1.89 bits per heavy atom. The van der Waals surface area contributed by atoms with Crippen molar-refractivity contribution >= 4 is 29.8 Å². The fraction of sp³-hybridized carbons (Fsp3) is 0.387. The van der Waals surface area contributed by atoms with Gasteiger partial charge in [0.05, 0.1) is 6.10 Å². The highest BCUT2D eigenvalue weighted by Crippen LogP contribution is 2.30. The molecule has 0 saturated carbocycles. The zero-order chi connectivity index (χ0) is 25.3. The van der Waals surface area contributed by atoms with Gasteiger partial charge in [-0.2, -0.15) is 0 Å². The summed E-state index contributed by atoms with van der Waals surface area (Å²) in [5, 5.41) is 11.8. The van der Waals surface area contributed by atoms with Crippen LogP contribution in [-0.2, 0) is 24.2 Å². The highest BCUT2D eigenvalue weighted by Gasteiger charge is 2.26. The number of Topliss-reactive ketones (excluding diaryl/α,β-unsaturated/α-hetero) is 1. The molecule has 3 aromatic carbocycles. The fourth-order valence-corrected chi connectivity index (χ4v) is 5.24. The second-order valence-corrected chi connectivity index (χ2v) is 10.2. The summed E-state index contributed by atoms with van der Waals surface area (Å²) >= 11 is 6.20. The molecule has 1 aliphatic rings. The molecular weight excluding hydrogens is 505 g/mol. The SMILES string of the molecule is CCCC(=O)COc1ccc2c(c1)CC(N(Cc1ccccc1)C[C@H](O)c1cccc(Cl)c1)CCC2.Cl. The number of carbonyl (C=O) groups excluding carboxylic acids is 1. The Morgan fingerprint density at radius 3 is 2.65 bits per heavy atom. The van der Waals surface area contributed by atoms with Gasteiger partial charge in [0.2, 0.25) is 0 Å². The Kier molecular flexibility index (Phi) is 11.5. The van der Waals surface area contributed by atoms with Crippen LogP contribution in [0.4, 0.5) is 0 Å². The Morgan fingerprint density at radius 1 is 1.08 bits per heavy atom. The molecule has 4 nitrogen and oxygen atoms in total. The van der Waals surface area contributed by atoms with Gasteiger partial charge in [-0.1, -0.05) is 67.1 Å². The number of rotatable bonds is 11. The Labute approximate surface area is 232 Å². The number of halogens is 2. The van der Waals surface area contributed by atoms with Crippen LogP contribution in [0.1, 0.15) is 61.0 Å². The van der Waals surface area contributed by atoms with Crippen molar-refractivity contribution in [2.24, 2.45) is 0 Å². The van der Waals surface area contributed by atoms with Crippen molar-refractivity contribution in [3.05, 3.63) is 100 Å². The van der Waals surface area contributed by atoms with E-state index in [1.807, 2.05) is 43.3 Å². The van der Waals surface area contributed by atoms with E-state index in [0.29, 0.717) is 18.0 Å². The second-order valence-electron chi connectivity index (χ2n) is 9.74. The Hall–Kier alpha value is -2.37. The first-order valence-corrected chi connectivity index (χ1v) is 13.4. The van der Waals surface area contributed by atoms with Gasteiger partial charge in [0.25, 0.3) is 0 Å². The molecule has 2 atom stereocenters. The van der Waals surface area contributed by atoms with E-state index in [0.717, 1.165) is 50.0 Å². The number of ketones is 1. The molecule has 0 aromatic heterocycles. The van der Waals surface area contributed by atoms with Crippen molar-refractivity contribution in [3.8, 4) is 5.75 Å². The third-order valence-electron chi connectivity index (χ3n) is 6.93. The molecule has 0 fully saturated rings. The maximum absolute atomic E-state index is 12.0. The molecule has 0 aliphatic heterocycles. The van der Waals surface area contributed by atoms with Gasteiger partial charge in [-0.3, -0.25) is 9.69 Å². The van der Waals surface area contributed by atoms with Crippen LogP contribution < -0.4 is 4.74 Å². The van der Waals surface area contributed by atoms with Crippen molar-refractivity contribution < 1.29 is 14.6 Å². The van der Waals surface area contributed by atoms with E-state index in [2.05, 4.69) is 41.3 Å². The Bertz CT molecular complexity index is 1140. The number of aliphatic hydroxyl groups excluding tert-OH is 1. The topological polar surface area (TPSA) is 49.8 Å². The fourth-order valence-electron chi connectivity index (χ4n) is 5.04. The maximum Gasteiger partial charge on any atom is 0.170 e. The van der Waals surface area contributed by atoms with Crippen LogP contribution >= 0.6 is 24.0 Å². The summed E-state index contributed by atoms with van der Waals surface area (Å²) in [5.41, 5.74) is 4.68. The van der Waals surface area contributed by atoms with Gasteiger partial charge < -0.3 is 9.84 Å². The quantitative estimate of drug-likeness (QED) is 0.265. The molecule has 0 amide bonds. The second kappa shape index (κ2) is 14.5. The van der Waals surface area contributed by atoms with Gasteiger partial charge in [-0.05, 0) is 78.6 Å². The number of hydrogen-bond acceptors (Lipinski definition) is 4. The average molecular weight is 543 g/mol. The van der Waals surface area contributed by atoms with Crippen LogP contribution in [0.3, 0.4) is 0 Å². The van der Waals surface area contributed by atoms with Crippen LogP contribution in [0.5, 0.6) is 5.75 Å². The van der Waals surface area contributed by atoms with E-state index >= 15 is 0 Å². The summed E-state index contributed by atoms with van der Waals surface area (Å²) < 4.78 is 5.84. The molecular formula is C31H37Cl2NO3. The van der Waals surface area contributed by atoms with Crippen LogP contribution in [-0.4, -0.2) is 35.0 Å². The minimum atomic E-state index is -0.630. The van der Waals surface area contributed by atoms with Crippen LogP contribution in [0, 0.1) is 0 Å². The zero-order valence-electron chi connectivity index (χ0n) is 21.4. The molecule has 0 heterocycles. The largest absolute Gasteiger partial charge is 0.486 e. The lowest BCUT2D eigenvalue weighted by Crippen LogP contribution is -2.39. The van der Waals surface area contributed by atoms with Gasteiger partial charge in [-0.25, -0.2) is 0 Å². The van der Waals surface area contributed by atoms with Crippen LogP contribution in [0.2, 0.25) is 5.02 Å².